The lowest BCUT2D eigenvalue weighted by molar-refractivity contribution is 0.0388. The van der Waals surface area contributed by atoms with Crippen molar-refractivity contribution in [3.63, 3.8) is 0 Å². The number of para-hydroxylation sites is 1. The Kier molecular flexibility index (Phi) is 9.07. The molecule has 0 saturated heterocycles. The molecule has 0 unspecified atom stereocenters. The number of carbonyl (C=O) groups excluding carboxylic acids is 2. The van der Waals surface area contributed by atoms with Gasteiger partial charge in [0.25, 0.3) is 11.8 Å². The van der Waals surface area contributed by atoms with Crippen molar-refractivity contribution < 1.29 is 27.9 Å². The molecule has 41 heavy (non-hydrogen) atoms. The number of sulfonamides is 1. The molecule has 2 heterocycles. The van der Waals surface area contributed by atoms with Crippen LogP contribution in [0.2, 0.25) is 5.02 Å². The number of likely N-dealkylation sites (N-methyl/N-ethyl adjacent to an activating group) is 1. The van der Waals surface area contributed by atoms with Crippen LogP contribution in [0.5, 0.6) is 5.75 Å². The topological polar surface area (TPSA) is 134 Å². The Labute approximate surface area is 244 Å². The molecule has 4 rings (SSSR count). The summed E-state index contributed by atoms with van der Waals surface area (Å²) in [4.78, 5) is 28.5. The van der Waals surface area contributed by atoms with Crippen LogP contribution in [0.4, 0.5) is 5.69 Å². The van der Waals surface area contributed by atoms with Crippen molar-refractivity contribution in [3.05, 3.63) is 70.5 Å². The van der Waals surface area contributed by atoms with E-state index in [0.29, 0.717) is 16.4 Å². The first kappa shape index (κ1) is 30.5. The summed E-state index contributed by atoms with van der Waals surface area (Å²) >= 11 is 5.95. The van der Waals surface area contributed by atoms with E-state index in [0.717, 1.165) is 0 Å². The van der Waals surface area contributed by atoms with Gasteiger partial charge in [-0.2, -0.15) is 9.40 Å². The maximum absolute atomic E-state index is 13.7. The molecular formula is C28H34ClN5O6S. The van der Waals surface area contributed by atoms with E-state index >= 15 is 0 Å². The molecule has 1 aromatic heterocycles. The summed E-state index contributed by atoms with van der Waals surface area (Å²) in [7, 11) is -0.786. The monoisotopic (exact) mass is 603 g/mol. The summed E-state index contributed by atoms with van der Waals surface area (Å²) in [5.74, 6) is -1.06. The third-order valence-corrected chi connectivity index (χ3v) is 9.22. The van der Waals surface area contributed by atoms with Crippen LogP contribution in [0.15, 0.2) is 53.4 Å². The molecule has 0 bridgehead atoms. The fraction of sp³-hybridized carbons (Fsp3) is 0.393. The second kappa shape index (κ2) is 12.2. The van der Waals surface area contributed by atoms with E-state index in [-0.39, 0.29) is 53.4 Å². The zero-order chi connectivity index (χ0) is 30.1. The average Bonchev–Trinajstić information content (AvgIpc) is 3.28. The van der Waals surface area contributed by atoms with E-state index in [9.17, 15) is 23.1 Å². The summed E-state index contributed by atoms with van der Waals surface area (Å²) in [6.45, 7) is 5.25. The van der Waals surface area contributed by atoms with Gasteiger partial charge >= 0.3 is 0 Å². The first-order valence-corrected chi connectivity index (χ1v) is 14.9. The van der Waals surface area contributed by atoms with Gasteiger partial charge in [-0.3, -0.25) is 14.3 Å². The van der Waals surface area contributed by atoms with Gasteiger partial charge in [0.2, 0.25) is 10.0 Å². The highest BCUT2D eigenvalue weighted by atomic mass is 35.5. The Morgan fingerprint density at radius 2 is 1.95 bits per heavy atom. The lowest BCUT2D eigenvalue weighted by Crippen LogP contribution is -2.50. The number of hydrogen-bond acceptors (Lipinski definition) is 7. The van der Waals surface area contributed by atoms with Gasteiger partial charge in [-0.25, -0.2) is 8.42 Å². The number of amides is 2. The summed E-state index contributed by atoms with van der Waals surface area (Å²) in [5, 5.41) is 17.4. The van der Waals surface area contributed by atoms with E-state index in [2.05, 4.69) is 10.4 Å². The first-order chi connectivity index (χ1) is 19.3. The number of aliphatic hydroxyl groups is 1. The van der Waals surface area contributed by atoms with Gasteiger partial charge in [0.1, 0.15) is 11.8 Å². The molecule has 1 aliphatic rings. The molecule has 2 N–H and O–H groups in total. The number of fused-ring (bicyclic) bond motifs is 1. The van der Waals surface area contributed by atoms with Gasteiger partial charge in [-0.15, -0.1) is 0 Å². The van der Waals surface area contributed by atoms with E-state index in [1.54, 1.807) is 50.1 Å². The van der Waals surface area contributed by atoms with Crippen LogP contribution in [0, 0.1) is 12.8 Å². The fourth-order valence-corrected chi connectivity index (χ4v) is 6.02. The molecule has 3 atom stereocenters. The average molecular weight is 604 g/mol. The van der Waals surface area contributed by atoms with Gasteiger partial charge < -0.3 is 20.1 Å². The maximum Gasteiger partial charge on any atom is 0.274 e. The number of benzene rings is 2. The first-order valence-electron chi connectivity index (χ1n) is 13.1. The lowest BCUT2D eigenvalue weighted by Gasteiger charge is -2.38. The van der Waals surface area contributed by atoms with Gasteiger partial charge in [0.15, 0.2) is 5.75 Å². The van der Waals surface area contributed by atoms with Crippen molar-refractivity contribution in [2.75, 3.05) is 32.1 Å². The molecule has 1 aliphatic heterocycles. The van der Waals surface area contributed by atoms with E-state index in [1.807, 2.05) is 6.92 Å². The van der Waals surface area contributed by atoms with Crippen LogP contribution in [-0.2, 0) is 17.1 Å². The molecule has 3 aromatic rings. The van der Waals surface area contributed by atoms with Crippen molar-refractivity contribution in [3.8, 4) is 5.75 Å². The van der Waals surface area contributed by atoms with Gasteiger partial charge in [-0.1, -0.05) is 24.6 Å². The number of aliphatic hydroxyl groups excluding tert-OH is 1. The zero-order valence-electron chi connectivity index (χ0n) is 23.5. The van der Waals surface area contributed by atoms with Crippen molar-refractivity contribution in [2.24, 2.45) is 13.0 Å². The number of hydrogen-bond donors (Lipinski definition) is 2. The Hall–Kier alpha value is -3.45. The molecule has 2 aromatic carbocycles. The highest BCUT2D eigenvalue weighted by Crippen LogP contribution is 2.35. The number of anilines is 1. The van der Waals surface area contributed by atoms with E-state index < -0.39 is 28.1 Å². The number of rotatable bonds is 8. The largest absolute Gasteiger partial charge is 0.486 e. The standard InChI is InChI=1S/C28H34ClN5O6S/c1-17-14-34(19(3)16-35)28(37)22-7-6-8-23(30-27(36)24-13-18(2)31-33(24)5)26(22)40-25(17)15-32(4)41(38,39)21-11-9-20(29)10-12-21/h6-13,17,19,25,35H,14-16H2,1-5H3,(H,30,36)/t17-,19+,25-/m0/s1. The second-order valence-corrected chi connectivity index (χ2v) is 12.8. The highest BCUT2D eigenvalue weighted by Gasteiger charge is 2.36. The second-order valence-electron chi connectivity index (χ2n) is 10.3. The van der Waals surface area contributed by atoms with Crippen LogP contribution in [0.3, 0.4) is 0 Å². The molecule has 11 nitrogen and oxygen atoms in total. The Balaban J connectivity index is 1.73. The predicted molar refractivity (Wildman–Crippen MR) is 155 cm³/mol. The number of nitrogens with zero attached hydrogens (tertiary/aromatic N) is 4. The number of nitrogens with one attached hydrogen (secondary N) is 1. The van der Waals surface area contributed by atoms with Crippen molar-refractivity contribution >= 4 is 39.1 Å². The molecule has 0 spiro atoms. The van der Waals surface area contributed by atoms with Crippen LogP contribution in [-0.4, -0.2) is 83.2 Å². The van der Waals surface area contributed by atoms with Gasteiger partial charge in [0.05, 0.1) is 41.0 Å². The van der Waals surface area contributed by atoms with E-state index in [4.69, 9.17) is 16.3 Å². The smallest absolute Gasteiger partial charge is 0.274 e. The summed E-state index contributed by atoms with van der Waals surface area (Å²) in [6.07, 6.45) is -0.723. The minimum absolute atomic E-state index is 0.0513. The van der Waals surface area contributed by atoms with Crippen LogP contribution in [0.1, 0.15) is 40.4 Å². The fourth-order valence-electron chi connectivity index (χ4n) is 4.71. The van der Waals surface area contributed by atoms with Crippen LogP contribution in [0.25, 0.3) is 0 Å². The SMILES string of the molecule is Cc1cc(C(=O)Nc2cccc3c2O[C@@H](CN(C)S(=O)(=O)c2ccc(Cl)cc2)[C@@H](C)CN([C@H](C)CO)C3=O)n(C)n1. The van der Waals surface area contributed by atoms with Crippen molar-refractivity contribution in [1.29, 1.82) is 0 Å². The molecule has 2 amide bonds. The molecule has 0 saturated carbocycles. The number of halogens is 1. The number of carbonyl (C=O) groups is 2. The number of aromatic nitrogens is 2. The minimum atomic E-state index is -3.90. The van der Waals surface area contributed by atoms with Crippen molar-refractivity contribution in [2.45, 2.75) is 37.8 Å². The van der Waals surface area contributed by atoms with Gasteiger partial charge in [-0.05, 0) is 56.3 Å². The number of ether oxygens (including phenoxy) is 1. The minimum Gasteiger partial charge on any atom is -0.486 e. The lowest BCUT2D eigenvalue weighted by atomic mass is 9.99. The number of aryl methyl sites for hydroxylation is 2. The van der Waals surface area contributed by atoms with Gasteiger partial charge in [0, 0.05) is 31.6 Å². The summed E-state index contributed by atoms with van der Waals surface area (Å²) in [6, 6.07) is 11.8. The Bertz CT molecular complexity index is 1540. The summed E-state index contributed by atoms with van der Waals surface area (Å²) < 4.78 is 35.8. The molecular weight excluding hydrogens is 570 g/mol. The van der Waals surface area contributed by atoms with Crippen LogP contribution < -0.4 is 10.1 Å². The van der Waals surface area contributed by atoms with E-state index in [1.165, 1.54) is 40.3 Å². The molecule has 0 aliphatic carbocycles. The summed E-state index contributed by atoms with van der Waals surface area (Å²) in [5.41, 5.74) is 1.41. The normalized spacial score (nSPS) is 18.3. The Morgan fingerprint density at radius 1 is 1.27 bits per heavy atom. The third-order valence-electron chi connectivity index (χ3n) is 7.13. The zero-order valence-corrected chi connectivity index (χ0v) is 25.1. The quantitative estimate of drug-likeness (QED) is 0.404. The molecule has 13 heteroatoms. The molecule has 0 radical (unpaired) electrons. The van der Waals surface area contributed by atoms with Crippen molar-refractivity contribution in [1.82, 2.24) is 19.0 Å². The third kappa shape index (κ3) is 6.40. The van der Waals surface area contributed by atoms with Crippen LogP contribution >= 0.6 is 11.6 Å². The Morgan fingerprint density at radius 3 is 2.56 bits per heavy atom. The predicted octanol–water partition coefficient (Wildman–Crippen LogP) is 3.18. The maximum atomic E-state index is 13.7. The highest BCUT2D eigenvalue weighted by molar-refractivity contribution is 7.89. The molecule has 0 fully saturated rings. The molecule has 220 valence electrons.